The topological polar surface area (TPSA) is 55.9 Å². The van der Waals surface area contributed by atoms with Crippen LogP contribution in [-0.2, 0) is 15.0 Å². The zero-order valence-electron chi connectivity index (χ0n) is 17.1. The molecule has 0 radical (unpaired) electrons. The van der Waals surface area contributed by atoms with Gasteiger partial charge in [-0.1, -0.05) is 17.7 Å². The van der Waals surface area contributed by atoms with E-state index in [9.17, 15) is 9.59 Å². The molecule has 0 aromatic heterocycles. The minimum Gasteiger partial charge on any atom is -0.343 e. The van der Waals surface area contributed by atoms with Gasteiger partial charge in [0.2, 0.25) is 11.8 Å². The van der Waals surface area contributed by atoms with E-state index in [1.807, 2.05) is 21.9 Å². The molecule has 2 saturated heterocycles. The molecule has 3 aliphatic rings. The van der Waals surface area contributed by atoms with Crippen molar-refractivity contribution in [1.82, 2.24) is 15.1 Å². The average Bonchev–Trinajstić information content (AvgIpc) is 2.95. The van der Waals surface area contributed by atoms with Crippen molar-refractivity contribution in [3.8, 4) is 0 Å². The van der Waals surface area contributed by atoms with E-state index in [0.29, 0.717) is 24.2 Å². The summed E-state index contributed by atoms with van der Waals surface area (Å²) >= 11 is 6.29. The van der Waals surface area contributed by atoms with Crippen molar-refractivity contribution in [1.29, 1.82) is 0 Å². The van der Waals surface area contributed by atoms with Gasteiger partial charge in [-0.3, -0.25) is 14.5 Å². The van der Waals surface area contributed by atoms with Gasteiger partial charge in [-0.2, -0.15) is 0 Å². The van der Waals surface area contributed by atoms with Gasteiger partial charge in [0.25, 0.3) is 0 Å². The molecule has 1 aromatic rings. The Bertz CT molecular complexity index is 780. The standard InChI is InChI=1S/C21H29ClN4O2.ClH/c1-15-12-24(10-7-23-15)13-20(28)26-14-21(5-8-25(9-6-21)16(2)27)18-4-3-17(22)11-19(18)26;/h3-4,11,15,23H,5-10,12-14H2,1-2H3;1H/t15-;/m1./s1. The molecule has 6 nitrogen and oxygen atoms in total. The van der Waals surface area contributed by atoms with Crippen LogP contribution in [0.4, 0.5) is 5.69 Å². The normalized spacial score (nSPS) is 23.6. The Balaban J connectivity index is 0.00000240. The summed E-state index contributed by atoms with van der Waals surface area (Å²) in [6.45, 7) is 9.10. The molecular formula is C21H30Cl2N4O2. The number of piperidine rings is 1. The van der Waals surface area contributed by atoms with Gasteiger partial charge in [-0.15, -0.1) is 12.4 Å². The number of amides is 2. The Morgan fingerprint density at radius 3 is 2.62 bits per heavy atom. The minimum atomic E-state index is -0.0712. The van der Waals surface area contributed by atoms with Crippen LogP contribution in [0.25, 0.3) is 0 Å². The molecule has 0 bridgehead atoms. The fraction of sp³-hybridized carbons (Fsp3) is 0.619. The minimum absolute atomic E-state index is 0. The molecular weight excluding hydrogens is 411 g/mol. The SMILES string of the molecule is CC(=O)N1CCC2(CC1)CN(C(=O)CN1CCN[C@H](C)C1)c1cc(Cl)ccc12.Cl. The number of nitrogens with zero attached hydrogens (tertiary/aromatic N) is 3. The number of likely N-dealkylation sites (tertiary alicyclic amines) is 1. The van der Waals surface area contributed by atoms with Crippen LogP contribution in [0.3, 0.4) is 0 Å². The highest BCUT2D eigenvalue weighted by atomic mass is 35.5. The van der Waals surface area contributed by atoms with Crippen LogP contribution in [-0.4, -0.2) is 73.5 Å². The molecule has 3 aliphatic heterocycles. The highest BCUT2D eigenvalue weighted by Gasteiger charge is 2.46. The molecule has 1 atom stereocenters. The Kier molecular flexibility index (Phi) is 6.78. The molecule has 4 rings (SSSR count). The van der Waals surface area contributed by atoms with Crippen molar-refractivity contribution in [3.63, 3.8) is 0 Å². The Hall–Kier alpha value is -1.34. The number of nitrogens with one attached hydrogen (secondary N) is 1. The van der Waals surface area contributed by atoms with Crippen LogP contribution >= 0.6 is 24.0 Å². The van der Waals surface area contributed by atoms with E-state index < -0.39 is 0 Å². The third-order valence-electron chi connectivity index (χ3n) is 6.56. The number of benzene rings is 1. The molecule has 1 aromatic carbocycles. The zero-order chi connectivity index (χ0) is 19.9. The lowest BCUT2D eigenvalue weighted by atomic mass is 9.74. The summed E-state index contributed by atoms with van der Waals surface area (Å²) in [4.78, 5) is 31.1. The van der Waals surface area contributed by atoms with Crippen LogP contribution in [0, 0.1) is 0 Å². The zero-order valence-corrected chi connectivity index (χ0v) is 18.7. The number of carbonyl (C=O) groups is 2. The lowest BCUT2D eigenvalue weighted by Crippen LogP contribution is -2.53. The maximum absolute atomic E-state index is 13.2. The van der Waals surface area contributed by atoms with Gasteiger partial charge in [0.05, 0.1) is 6.54 Å². The van der Waals surface area contributed by atoms with Gasteiger partial charge in [-0.25, -0.2) is 0 Å². The second-order valence-electron chi connectivity index (χ2n) is 8.52. The first-order chi connectivity index (χ1) is 13.4. The predicted molar refractivity (Wildman–Crippen MR) is 118 cm³/mol. The van der Waals surface area contributed by atoms with Crippen LogP contribution in [0.1, 0.15) is 32.3 Å². The van der Waals surface area contributed by atoms with Crippen molar-refractivity contribution in [2.45, 2.75) is 38.1 Å². The number of rotatable bonds is 2. The van der Waals surface area contributed by atoms with E-state index in [1.165, 1.54) is 5.56 Å². The molecule has 2 fully saturated rings. The predicted octanol–water partition coefficient (Wildman–Crippen LogP) is 2.28. The number of piperazine rings is 1. The monoisotopic (exact) mass is 440 g/mol. The first-order valence-corrected chi connectivity index (χ1v) is 10.6. The summed E-state index contributed by atoms with van der Waals surface area (Å²) in [6, 6.07) is 6.35. The van der Waals surface area contributed by atoms with E-state index in [1.54, 1.807) is 6.92 Å². The quantitative estimate of drug-likeness (QED) is 0.766. The Morgan fingerprint density at radius 2 is 1.97 bits per heavy atom. The van der Waals surface area contributed by atoms with Crippen molar-refractivity contribution >= 4 is 41.5 Å². The molecule has 29 heavy (non-hydrogen) atoms. The Labute approximate surface area is 183 Å². The van der Waals surface area contributed by atoms with Gasteiger partial charge in [-0.05, 0) is 37.5 Å². The average molecular weight is 441 g/mol. The largest absolute Gasteiger partial charge is 0.343 e. The van der Waals surface area contributed by atoms with Gasteiger partial charge < -0.3 is 15.1 Å². The number of fused-ring (bicyclic) bond motifs is 2. The van der Waals surface area contributed by atoms with Crippen molar-refractivity contribution in [2.75, 3.05) is 50.7 Å². The molecule has 1 spiro atoms. The van der Waals surface area contributed by atoms with Gasteiger partial charge in [0.15, 0.2) is 0 Å². The number of carbonyl (C=O) groups excluding carboxylic acids is 2. The number of hydrogen-bond acceptors (Lipinski definition) is 4. The summed E-state index contributed by atoms with van der Waals surface area (Å²) in [6.07, 6.45) is 1.77. The number of anilines is 1. The third-order valence-corrected chi connectivity index (χ3v) is 6.80. The van der Waals surface area contributed by atoms with E-state index >= 15 is 0 Å². The molecule has 3 heterocycles. The molecule has 0 saturated carbocycles. The molecule has 1 N–H and O–H groups in total. The maximum atomic E-state index is 13.2. The van der Waals surface area contributed by atoms with Crippen LogP contribution in [0.5, 0.6) is 0 Å². The number of hydrogen-bond donors (Lipinski definition) is 1. The summed E-state index contributed by atoms with van der Waals surface area (Å²) in [5, 5.41) is 4.08. The smallest absolute Gasteiger partial charge is 0.241 e. The molecule has 0 aliphatic carbocycles. The first kappa shape index (κ1) is 22.3. The second-order valence-corrected chi connectivity index (χ2v) is 8.95. The summed E-state index contributed by atoms with van der Waals surface area (Å²) in [7, 11) is 0. The van der Waals surface area contributed by atoms with E-state index in [4.69, 9.17) is 11.6 Å². The van der Waals surface area contributed by atoms with Gasteiger partial charge in [0.1, 0.15) is 0 Å². The Morgan fingerprint density at radius 1 is 1.24 bits per heavy atom. The van der Waals surface area contributed by atoms with E-state index in [0.717, 1.165) is 51.3 Å². The second kappa shape index (κ2) is 8.80. The van der Waals surface area contributed by atoms with Crippen molar-refractivity contribution in [2.24, 2.45) is 0 Å². The van der Waals surface area contributed by atoms with Gasteiger partial charge in [0, 0.05) is 68.4 Å². The lowest BCUT2D eigenvalue weighted by molar-refractivity contribution is -0.130. The fourth-order valence-electron chi connectivity index (χ4n) is 4.98. The van der Waals surface area contributed by atoms with Crippen LogP contribution < -0.4 is 10.2 Å². The third kappa shape index (κ3) is 4.41. The highest BCUT2D eigenvalue weighted by Crippen LogP contribution is 2.47. The van der Waals surface area contributed by atoms with Crippen LogP contribution in [0.2, 0.25) is 5.02 Å². The van der Waals surface area contributed by atoms with Crippen LogP contribution in [0.15, 0.2) is 18.2 Å². The maximum Gasteiger partial charge on any atom is 0.241 e. The highest BCUT2D eigenvalue weighted by molar-refractivity contribution is 6.31. The molecule has 0 unspecified atom stereocenters. The summed E-state index contributed by atoms with van der Waals surface area (Å²) < 4.78 is 0. The molecule has 160 valence electrons. The van der Waals surface area contributed by atoms with Crippen molar-refractivity contribution < 1.29 is 9.59 Å². The summed E-state index contributed by atoms with van der Waals surface area (Å²) in [5.74, 6) is 0.272. The fourth-order valence-corrected chi connectivity index (χ4v) is 5.15. The molecule has 2 amide bonds. The molecule has 8 heteroatoms. The van der Waals surface area contributed by atoms with Gasteiger partial charge >= 0.3 is 0 Å². The number of halogens is 2. The lowest BCUT2D eigenvalue weighted by Gasteiger charge is -2.39. The summed E-state index contributed by atoms with van der Waals surface area (Å²) in [5.41, 5.74) is 2.09. The van der Waals surface area contributed by atoms with E-state index in [-0.39, 0.29) is 29.6 Å². The van der Waals surface area contributed by atoms with E-state index in [2.05, 4.69) is 23.2 Å². The first-order valence-electron chi connectivity index (χ1n) is 10.2. The van der Waals surface area contributed by atoms with Crippen molar-refractivity contribution in [3.05, 3.63) is 28.8 Å².